The molecule has 0 saturated heterocycles. The highest BCUT2D eigenvalue weighted by molar-refractivity contribution is 6.58. The monoisotopic (exact) mass is 192 g/mol. The largest absolute Gasteiger partial charge is 0.488 e. The van der Waals surface area contributed by atoms with Crippen molar-refractivity contribution in [3.8, 4) is 0 Å². The molecule has 1 aromatic rings. The van der Waals surface area contributed by atoms with Crippen molar-refractivity contribution in [3.63, 3.8) is 0 Å². The zero-order valence-corrected chi connectivity index (χ0v) is 8.23. The molecule has 0 aliphatic carbocycles. The van der Waals surface area contributed by atoms with E-state index in [1.807, 2.05) is 6.92 Å². The summed E-state index contributed by atoms with van der Waals surface area (Å²) in [6, 6.07) is 4.88. The van der Waals surface area contributed by atoms with E-state index < -0.39 is 7.12 Å². The van der Waals surface area contributed by atoms with E-state index in [2.05, 4.69) is 4.99 Å². The summed E-state index contributed by atoms with van der Waals surface area (Å²) in [7, 11) is 0.203. The van der Waals surface area contributed by atoms with E-state index in [4.69, 9.17) is 15.8 Å². The quantitative estimate of drug-likeness (QED) is 0.332. The lowest BCUT2D eigenvalue weighted by molar-refractivity contribution is 0.426. The van der Waals surface area contributed by atoms with Crippen LogP contribution in [0.5, 0.6) is 0 Å². The molecule has 0 fully saturated rings. The predicted molar refractivity (Wildman–Crippen MR) is 58.8 cm³/mol. The Kier molecular flexibility index (Phi) is 3.27. The molecule has 0 spiro atoms. The number of benzene rings is 1. The van der Waals surface area contributed by atoms with Gasteiger partial charge < -0.3 is 15.8 Å². The van der Waals surface area contributed by atoms with Gasteiger partial charge in [-0.25, -0.2) is 0 Å². The molecule has 4 nitrogen and oxygen atoms in total. The second kappa shape index (κ2) is 4.26. The number of hydrogen-bond donors (Lipinski definition) is 3. The van der Waals surface area contributed by atoms with E-state index in [0.717, 1.165) is 11.3 Å². The van der Waals surface area contributed by atoms with Gasteiger partial charge in [-0.05, 0) is 18.5 Å². The van der Waals surface area contributed by atoms with Crippen LogP contribution in [0.2, 0.25) is 0 Å². The van der Waals surface area contributed by atoms with Crippen molar-refractivity contribution in [2.24, 2.45) is 4.99 Å². The third-order valence-corrected chi connectivity index (χ3v) is 2.10. The average molecular weight is 192 g/mol. The first kappa shape index (κ1) is 10.8. The Hall–Kier alpha value is -1.33. The summed E-state index contributed by atoms with van der Waals surface area (Å²) in [5, 5.41) is 17.8. The smallest absolute Gasteiger partial charge is 0.423 e. The Bertz CT molecular complexity index is 364. The summed E-state index contributed by atoms with van der Waals surface area (Å²) < 4.78 is 0. The van der Waals surface area contributed by atoms with Gasteiger partial charge in [0, 0.05) is 24.0 Å². The zero-order chi connectivity index (χ0) is 10.7. The minimum absolute atomic E-state index is 0.384. The number of hydrogen-bond acceptors (Lipinski definition) is 4. The third kappa shape index (κ3) is 2.13. The van der Waals surface area contributed by atoms with Crippen LogP contribution in [0.1, 0.15) is 12.5 Å². The van der Waals surface area contributed by atoms with E-state index in [0.29, 0.717) is 11.2 Å². The Balaban J connectivity index is 3.14. The minimum Gasteiger partial charge on any atom is -0.423 e. The van der Waals surface area contributed by atoms with Gasteiger partial charge >= 0.3 is 7.12 Å². The van der Waals surface area contributed by atoms with Crippen molar-refractivity contribution in [3.05, 3.63) is 23.8 Å². The van der Waals surface area contributed by atoms with Crippen molar-refractivity contribution in [2.45, 2.75) is 6.92 Å². The Morgan fingerprint density at radius 2 is 2.07 bits per heavy atom. The SMILES string of the molecule is CN=C(C)c1ccc(B(O)O)cc1N. The van der Waals surface area contributed by atoms with Crippen LogP contribution in [0.25, 0.3) is 0 Å². The fourth-order valence-corrected chi connectivity index (χ4v) is 1.19. The maximum atomic E-state index is 8.90. The summed E-state index contributed by atoms with van der Waals surface area (Å²) in [5.74, 6) is 0. The van der Waals surface area contributed by atoms with Crippen LogP contribution in [-0.4, -0.2) is 29.9 Å². The summed E-state index contributed by atoms with van der Waals surface area (Å²) in [6.07, 6.45) is 0. The molecule has 4 N–H and O–H groups in total. The first-order valence-electron chi connectivity index (χ1n) is 4.25. The van der Waals surface area contributed by atoms with Gasteiger partial charge in [0.25, 0.3) is 0 Å². The molecule has 0 heterocycles. The normalized spacial score (nSPS) is 11.6. The Morgan fingerprint density at radius 1 is 1.43 bits per heavy atom. The number of nitrogens with zero attached hydrogens (tertiary/aromatic N) is 1. The average Bonchev–Trinajstić information content (AvgIpc) is 2.16. The van der Waals surface area contributed by atoms with Crippen molar-refractivity contribution in [2.75, 3.05) is 12.8 Å². The lowest BCUT2D eigenvalue weighted by Gasteiger charge is -2.07. The van der Waals surface area contributed by atoms with Gasteiger partial charge in [-0.15, -0.1) is 0 Å². The molecular formula is C9H13BN2O2. The highest BCUT2D eigenvalue weighted by atomic mass is 16.4. The molecule has 0 aliphatic heterocycles. The van der Waals surface area contributed by atoms with E-state index in [1.54, 1.807) is 19.2 Å². The van der Waals surface area contributed by atoms with Crippen LogP contribution in [0.4, 0.5) is 5.69 Å². The van der Waals surface area contributed by atoms with E-state index >= 15 is 0 Å². The Morgan fingerprint density at radius 3 is 2.50 bits per heavy atom. The van der Waals surface area contributed by atoms with Gasteiger partial charge in [0.2, 0.25) is 0 Å². The lowest BCUT2D eigenvalue weighted by Crippen LogP contribution is -2.30. The molecule has 0 bridgehead atoms. The summed E-state index contributed by atoms with van der Waals surface area (Å²) in [6.45, 7) is 1.85. The molecule has 74 valence electrons. The number of nitrogens with two attached hydrogens (primary N) is 1. The molecule has 0 saturated carbocycles. The second-order valence-electron chi connectivity index (χ2n) is 3.03. The van der Waals surface area contributed by atoms with Crippen molar-refractivity contribution in [1.82, 2.24) is 0 Å². The second-order valence-corrected chi connectivity index (χ2v) is 3.03. The summed E-state index contributed by atoms with van der Waals surface area (Å²) >= 11 is 0. The molecule has 0 aromatic heterocycles. The third-order valence-electron chi connectivity index (χ3n) is 2.10. The first-order chi connectivity index (χ1) is 6.56. The topological polar surface area (TPSA) is 78.8 Å². The van der Waals surface area contributed by atoms with Gasteiger partial charge in [-0.2, -0.15) is 0 Å². The lowest BCUT2D eigenvalue weighted by atomic mass is 9.79. The first-order valence-corrected chi connectivity index (χ1v) is 4.25. The van der Waals surface area contributed by atoms with Crippen LogP contribution in [0, 0.1) is 0 Å². The summed E-state index contributed by atoms with van der Waals surface area (Å²) in [5.41, 5.74) is 8.25. The molecular weight excluding hydrogens is 179 g/mol. The van der Waals surface area contributed by atoms with Gasteiger partial charge in [0.15, 0.2) is 0 Å². The zero-order valence-electron chi connectivity index (χ0n) is 8.23. The van der Waals surface area contributed by atoms with Crippen molar-refractivity contribution < 1.29 is 10.0 Å². The molecule has 0 atom stereocenters. The van der Waals surface area contributed by atoms with Crippen molar-refractivity contribution >= 4 is 24.0 Å². The number of nitrogen functional groups attached to an aromatic ring is 1. The summed E-state index contributed by atoms with van der Waals surface area (Å²) in [4.78, 5) is 4.01. The maximum Gasteiger partial charge on any atom is 0.488 e. The van der Waals surface area contributed by atoms with Crippen molar-refractivity contribution in [1.29, 1.82) is 0 Å². The molecule has 14 heavy (non-hydrogen) atoms. The Labute approximate surface area is 83.2 Å². The van der Waals surface area contributed by atoms with Crippen LogP contribution in [0.3, 0.4) is 0 Å². The van der Waals surface area contributed by atoms with E-state index in [9.17, 15) is 0 Å². The minimum atomic E-state index is -1.48. The molecule has 1 rings (SSSR count). The molecule has 0 radical (unpaired) electrons. The number of anilines is 1. The van der Waals surface area contributed by atoms with Gasteiger partial charge in [-0.1, -0.05) is 12.1 Å². The fourth-order valence-electron chi connectivity index (χ4n) is 1.19. The number of rotatable bonds is 2. The molecule has 0 amide bonds. The highest BCUT2D eigenvalue weighted by Crippen LogP contribution is 2.10. The standard InChI is InChI=1S/C9H13BN2O2/c1-6(12-2)8-4-3-7(10(13)14)5-9(8)11/h3-5,13-14H,11H2,1-2H3. The van der Waals surface area contributed by atoms with Crippen LogP contribution in [-0.2, 0) is 0 Å². The van der Waals surface area contributed by atoms with Crippen LogP contribution < -0.4 is 11.2 Å². The van der Waals surface area contributed by atoms with Gasteiger partial charge in [0.05, 0.1) is 0 Å². The molecule has 0 unspecified atom stereocenters. The van der Waals surface area contributed by atoms with Gasteiger partial charge in [-0.3, -0.25) is 4.99 Å². The predicted octanol–water partition coefficient (Wildman–Crippen LogP) is -0.613. The molecule has 1 aromatic carbocycles. The molecule has 0 aliphatic rings. The maximum absolute atomic E-state index is 8.90. The number of aliphatic imine (C=N–C) groups is 1. The van der Waals surface area contributed by atoms with E-state index in [-0.39, 0.29) is 0 Å². The van der Waals surface area contributed by atoms with Gasteiger partial charge in [0.1, 0.15) is 0 Å². The fraction of sp³-hybridized carbons (Fsp3) is 0.222. The van der Waals surface area contributed by atoms with E-state index in [1.165, 1.54) is 6.07 Å². The highest BCUT2D eigenvalue weighted by Gasteiger charge is 2.12. The van der Waals surface area contributed by atoms with Crippen LogP contribution >= 0.6 is 0 Å². The molecule has 5 heteroatoms. The van der Waals surface area contributed by atoms with Crippen LogP contribution in [0.15, 0.2) is 23.2 Å².